The van der Waals surface area contributed by atoms with Gasteiger partial charge >= 0.3 is 11.9 Å². The lowest BCUT2D eigenvalue weighted by Gasteiger charge is -2.15. The van der Waals surface area contributed by atoms with Crippen LogP contribution in [0.1, 0.15) is 34.3 Å². The Kier molecular flexibility index (Phi) is 5.90. The van der Waals surface area contributed by atoms with Crippen molar-refractivity contribution in [2.45, 2.75) is 32.7 Å². The van der Waals surface area contributed by atoms with Crippen molar-refractivity contribution in [3.63, 3.8) is 0 Å². The fourth-order valence-corrected chi connectivity index (χ4v) is 1.84. The minimum absolute atomic E-state index is 0.0153. The molecule has 6 heteroatoms. The third-order valence-electron chi connectivity index (χ3n) is 3.11. The summed E-state index contributed by atoms with van der Waals surface area (Å²) in [5.74, 6) is -2.16. The summed E-state index contributed by atoms with van der Waals surface area (Å²) in [7, 11) is 1.23. The molecule has 2 N–H and O–H groups in total. The predicted molar refractivity (Wildman–Crippen MR) is 76.1 cm³/mol. The number of hydrogen-bond acceptors (Lipinski definition) is 4. The van der Waals surface area contributed by atoms with Crippen LogP contribution in [-0.4, -0.2) is 36.1 Å². The molecule has 1 aromatic carbocycles. The lowest BCUT2D eigenvalue weighted by Crippen LogP contribution is -2.41. The minimum atomic E-state index is -1.18. The molecular formula is C15H19NO5. The van der Waals surface area contributed by atoms with Gasteiger partial charge in [0.1, 0.15) is 6.04 Å². The van der Waals surface area contributed by atoms with Crippen LogP contribution in [0.3, 0.4) is 0 Å². The van der Waals surface area contributed by atoms with E-state index in [0.717, 1.165) is 11.1 Å². The second-order valence-electron chi connectivity index (χ2n) is 4.80. The number of carboxylic acids is 1. The lowest BCUT2D eigenvalue weighted by atomic mass is 10.0. The number of carbonyl (C=O) groups is 3. The van der Waals surface area contributed by atoms with Crippen molar-refractivity contribution in [3.05, 3.63) is 34.9 Å². The van der Waals surface area contributed by atoms with Gasteiger partial charge in [0.05, 0.1) is 7.11 Å². The summed E-state index contributed by atoms with van der Waals surface area (Å²) < 4.78 is 4.46. The highest BCUT2D eigenvalue weighted by atomic mass is 16.5. The SMILES string of the molecule is COC(=O)CCC(NC(=O)c1cc(C)ccc1C)C(=O)O. The second-order valence-corrected chi connectivity index (χ2v) is 4.80. The van der Waals surface area contributed by atoms with E-state index in [1.807, 2.05) is 13.0 Å². The van der Waals surface area contributed by atoms with E-state index in [-0.39, 0.29) is 12.8 Å². The summed E-state index contributed by atoms with van der Waals surface area (Å²) in [4.78, 5) is 34.4. The maximum atomic E-state index is 12.2. The summed E-state index contributed by atoms with van der Waals surface area (Å²) in [6.45, 7) is 3.63. The van der Waals surface area contributed by atoms with E-state index in [4.69, 9.17) is 5.11 Å². The Morgan fingerprint density at radius 1 is 1.29 bits per heavy atom. The van der Waals surface area contributed by atoms with Gasteiger partial charge in [-0.25, -0.2) is 4.79 Å². The number of rotatable bonds is 6. The van der Waals surface area contributed by atoms with Gasteiger partial charge in [-0.05, 0) is 31.9 Å². The number of esters is 1. The molecule has 0 heterocycles. The number of carbonyl (C=O) groups excluding carboxylic acids is 2. The average molecular weight is 293 g/mol. The van der Waals surface area contributed by atoms with Gasteiger partial charge in [0.25, 0.3) is 5.91 Å². The number of hydrogen-bond donors (Lipinski definition) is 2. The standard InChI is InChI=1S/C15H19NO5/c1-9-4-5-10(2)11(8-9)14(18)16-12(15(19)20)6-7-13(17)21-3/h4-5,8,12H,6-7H2,1-3H3,(H,16,18)(H,19,20). The summed E-state index contributed by atoms with van der Waals surface area (Å²) >= 11 is 0. The van der Waals surface area contributed by atoms with Gasteiger partial charge < -0.3 is 15.2 Å². The number of nitrogens with one attached hydrogen (secondary N) is 1. The maximum absolute atomic E-state index is 12.2. The van der Waals surface area contributed by atoms with E-state index >= 15 is 0 Å². The fraction of sp³-hybridized carbons (Fsp3) is 0.400. The monoisotopic (exact) mass is 293 g/mol. The molecule has 0 fully saturated rings. The van der Waals surface area contributed by atoms with Gasteiger partial charge in [-0.2, -0.15) is 0 Å². The van der Waals surface area contributed by atoms with Gasteiger partial charge in [0, 0.05) is 12.0 Å². The molecule has 114 valence electrons. The Hall–Kier alpha value is -2.37. The van der Waals surface area contributed by atoms with Crippen molar-refractivity contribution in [2.24, 2.45) is 0 Å². The first-order chi connectivity index (χ1) is 9.85. The first-order valence-electron chi connectivity index (χ1n) is 6.53. The molecule has 1 aromatic rings. The van der Waals surface area contributed by atoms with Crippen molar-refractivity contribution in [1.82, 2.24) is 5.32 Å². The molecule has 21 heavy (non-hydrogen) atoms. The maximum Gasteiger partial charge on any atom is 0.326 e. The Labute approximate surface area is 123 Å². The molecule has 1 rings (SSSR count). The summed E-state index contributed by atoms with van der Waals surface area (Å²) in [5, 5.41) is 11.5. The van der Waals surface area contributed by atoms with Crippen LogP contribution in [0.25, 0.3) is 0 Å². The summed E-state index contributed by atoms with van der Waals surface area (Å²) in [6, 6.07) is 4.24. The molecular weight excluding hydrogens is 274 g/mol. The third-order valence-corrected chi connectivity index (χ3v) is 3.11. The molecule has 0 spiro atoms. The van der Waals surface area contributed by atoms with Crippen LogP contribution in [0.15, 0.2) is 18.2 Å². The Balaban J connectivity index is 2.79. The zero-order chi connectivity index (χ0) is 16.0. The first-order valence-corrected chi connectivity index (χ1v) is 6.53. The summed E-state index contributed by atoms with van der Waals surface area (Å²) in [6.07, 6.45) is -0.0842. The molecule has 0 saturated carbocycles. The molecule has 0 bridgehead atoms. The Morgan fingerprint density at radius 2 is 1.95 bits per heavy atom. The van der Waals surface area contributed by atoms with Gasteiger partial charge in [-0.3, -0.25) is 9.59 Å². The number of ether oxygens (including phenoxy) is 1. The zero-order valence-electron chi connectivity index (χ0n) is 12.3. The van der Waals surface area contributed by atoms with Crippen LogP contribution in [0, 0.1) is 13.8 Å². The third kappa shape index (κ3) is 4.91. The summed E-state index contributed by atoms with van der Waals surface area (Å²) in [5.41, 5.74) is 2.10. The van der Waals surface area contributed by atoms with Crippen LogP contribution in [0.4, 0.5) is 0 Å². The van der Waals surface area contributed by atoms with E-state index in [2.05, 4.69) is 10.1 Å². The molecule has 0 aliphatic rings. The first kappa shape index (κ1) is 16.7. The van der Waals surface area contributed by atoms with Crippen molar-refractivity contribution >= 4 is 17.8 Å². The number of methoxy groups -OCH3 is 1. The number of aryl methyl sites for hydroxylation is 2. The number of aliphatic carboxylic acids is 1. The van der Waals surface area contributed by atoms with Crippen LogP contribution in [-0.2, 0) is 14.3 Å². The van der Waals surface area contributed by atoms with Gasteiger partial charge in [0.2, 0.25) is 0 Å². The highest BCUT2D eigenvalue weighted by molar-refractivity contribution is 5.98. The largest absolute Gasteiger partial charge is 0.480 e. The van der Waals surface area contributed by atoms with Gasteiger partial charge in [-0.1, -0.05) is 17.7 Å². The molecule has 0 aromatic heterocycles. The molecule has 0 saturated heterocycles. The highest BCUT2D eigenvalue weighted by Crippen LogP contribution is 2.11. The smallest absolute Gasteiger partial charge is 0.326 e. The van der Waals surface area contributed by atoms with Gasteiger partial charge in [-0.15, -0.1) is 0 Å². The molecule has 6 nitrogen and oxygen atoms in total. The topological polar surface area (TPSA) is 92.7 Å². The quantitative estimate of drug-likeness (QED) is 0.774. The zero-order valence-corrected chi connectivity index (χ0v) is 12.3. The van der Waals surface area contributed by atoms with Crippen molar-refractivity contribution in [2.75, 3.05) is 7.11 Å². The van der Waals surface area contributed by atoms with Crippen molar-refractivity contribution in [3.8, 4) is 0 Å². The van der Waals surface area contributed by atoms with Crippen LogP contribution < -0.4 is 5.32 Å². The Bertz CT molecular complexity index is 553. The minimum Gasteiger partial charge on any atom is -0.480 e. The predicted octanol–water partition coefficient (Wildman–Crippen LogP) is 1.44. The number of benzene rings is 1. The Morgan fingerprint density at radius 3 is 2.52 bits per heavy atom. The van der Waals surface area contributed by atoms with Crippen molar-refractivity contribution < 1.29 is 24.2 Å². The van der Waals surface area contributed by atoms with E-state index < -0.39 is 23.9 Å². The van der Waals surface area contributed by atoms with Gasteiger partial charge in [0.15, 0.2) is 0 Å². The van der Waals surface area contributed by atoms with E-state index in [1.165, 1.54) is 7.11 Å². The number of amides is 1. The van der Waals surface area contributed by atoms with E-state index in [9.17, 15) is 14.4 Å². The molecule has 0 radical (unpaired) electrons. The molecule has 1 unspecified atom stereocenters. The second kappa shape index (κ2) is 7.42. The van der Waals surface area contributed by atoms with Crippen LogP contribution >= 0.6 is 0 Å². The van der Waals surface area contributed by atoms with Crippen LogP contribution in [0.5, 0.6) is 0 Å². The average Bonchev–Trinajstić information content (AvgIpc) is 2.44. The normalized spacial score (nSPS) is 11.6. The number of carboxylic acid groups (broad SMARTS) is 1. The van der Waals surface area contributed by atoms with E-state index in [1.54, 1.807) is 19.1 Å². The van der Waals surface area contributed by atoms with Crippen LogP contribution in [0.2, 0.25) is 0 Å². The fourth-order valence-electron chi connectivity index (χ4n) is 1.84. The molecule has 0 aliphatic heterocycles. The highest BCUT2D eigenvalue weighted by Gasteiger charge is 2.22. The van der Waals surface area contributed by atoms with Crippen molar-refractivity contribution in [1.29, 1.82) is 0 Å². The molecule has 0 aliphatic carbocycles. The lowest BCUT2D eigenvalue weighted by molar-refractivity contribution is -0.142. The molecule has 1 amide bonds. The van der Waals surface area contributed by atoms with E-state index in [0.29, 0.717) is 5.56 Å². The molecule has 1 atom stereocenters.